The lowest BCUT2D eigenvalue weighted by Crippen LogP contribution is -2.27. The maximum atomic E-state index is 13.0. The number of carbonyl (C=O) groups excluding carboxylic acids is 4. The average Bonchev–Trinajstić information content (AvgIpc) is 2.85. The summed E-state index contributed by atoms with van der Waals surface area (Å²) in [5.41, 5.74) is 0.877. The molecule has 0 spiro atoms. The second-order valence-electron chi connectivity index (χ2n) is 8.08. The topological polar surface area (TPSA) is 114 Å². The van der Waals surface area contributed by atoms with E-state index in [0.717, 1.165) is 12.8 Å². The van der Waals surface area contributed by atoms with Gasteiger partial charge in [-0.2, -0.15) is 0 Å². The Kier molecular flexibility index (Phi) is 10.3. The quantitative estimate of drug-likeness (QED) is 0.266. The minimum absolute atomic E-state index is 0.0560. The zero-order valence-corrected chi connectivity index (χ0v) is 21.3. The van der Waals surface area contributed by atoms with Crippen LogP contribution in [0.25, 0.3) is 0 Å². The summed E-state index contributed by atoms with van der Waals surface area (Å²) in [6.45, 7) is 2.01. The lowest BCUT2D eigenvalue weighted by Gasteiger charge is -2.22. The molecule has 0 amide bonds. The van der Waals surface area contributed by atoms with Crippen molar-refractivity contribution >= 4 is 23.1 Å². The van der Waals surface area contributed by atoms with Crippen molar-refractivity contribution in [2.45, 2.75) is 58.3 Å². The maximum absolute atomic E-state index is 13.0. The zero-order valence-electron chi connectivity index (χ0n) is 21.3. The first-order valence-electron chi connectivity index (χ1n) is 11.6. The van der Waals surface area contributed by atoms with Crippen molar-refractivity contribution in [2.75, 3.05) is 35.5 Å². The summed E-state index contributed by atoms with van der Waals surface area (Å²) < 4.78 is 25.9. The lowest BCUT2D eigenvalue weighted by atomic mass is 9.87. The van der Waals surface area contributed by atoms with Crippen LogP contribution in [-0.2, 0) is 42.9 Å². The van der Waals surface area contributed by atoms with Crippen molar-refractivity contribution in [3.63, 3.8) is 0 Å². The fraction of sp³-hybridized carbons (Fsp3) is 0.538. The van der Waals surface area contributed by atoms with Crippen molar-refractivity contribution in [1.82, 2.24) is 0 Å². The van der Waals surface area contributed by atoms with Gasteiger partial charge < -0.3 is 23.7 Å². The van der Waals surface area contributed by atoms with E-state index in [1.54, 1.807) is 0 Å². The van der Waals surface area contributed by atoms with Gasteiger partial charge in [0, 0.05) is 16.7 Å². The van der Waals surface area contributed by atoms with Crippen LogP contribution in [0.15, 0.2) is 45.5 Å². The first kappa shape index (κ1) is 27.9. The van der Waals surface area contributed by atoms with E-state index in [-0.39, 0.29) is 52.4 Å². The van der Waals surface area contributed by atoms with Crippen LogP contribution in [0.1, 0.15) is 58.3 Å². The van der Waals surface area contributed by atoms with Crippen LogP contribution >= 0.6 is 0 Å². The highest BCUT2D eigenvalue weighted by Gasteiger charge is 2.38. The van der Waals surface area contributed by atoms with Crippen LogP contribution < -0.4 is 0 Å². The summed E-state index contributed by atoms with van der Waals surface area (Å²) in [4.78, 5) is 51.4. The average molecular weight is 491 g/mol. The predicted molar refractivity (Wildman–Crippen MR) is 126 cm³/mol. The molecule has 2 aliphatic rings. The standard InChI is InChI=1S/C26H34O9/c1-7-8-12-15-18(27)23(32-3)16(19(28)22(15)31-2)13-10-9-11-14-17-20(29)25(34-5)26(35-6)21(30)24(17)33-4/h7-14H2,1-6H3. The first-order chi connectivity index (χ1) is 16.8. The van der Waals surface area contributed by atoms with Crippen molar-refractivity contribution in [1.29, 1.82) is 0 Å². The molecule has 0 bridgehead atoms. The number of hydrogen-bond donors (Lipinski definition) is 0. The Hall–Kier alpha value is -3.36. The third-order valence-electron chi connectivity index (χ3n) is 6.04. The normalized spacial score (nSPS) is 17.0. The Balaban J connectivity index is 2.08. The molecule has 0 radical (unpaired) electrons. The van der Waals surface area contributed by atoms with E-state index in [4.69, 9.17) is 23.7 Å². The van der Waals surface area contributed by atoms with Crippen LogP contribution in [0, 0.1) is 0 Å². The van der Waals surface area contributed by atoms with Crippen LogP contribution in [0.4, 0.5) is 0 Å². The molecule has 0 heterocycles. The molecule has 0 aromatic rings. The lowest BCUT2D eigenvalue weighted by molar-refractivity contribution is -0.123. The van der Waals surface area contributed by atoms with Gasteiger partial charge in [0.15, 0.2) is 17.3 Å². The minimum atomic E-state index is -0.541. The molecule has 0 aliphatic heterocycles. The van der Waals surface area contributed by atoms with E-state index < -0.39 is 11.6 Å². The van der Waals surface area contributed by atoms with E-state index in [2.05, 4.69) is 0 Å². The molecule has 9 heteroatoms. The number of hydrogen-bond acceptors (Lipinski definition) is 9. The Morgan fingerprint density at radius 1 is 0.429 bits per heavy atom. The van der Waals surface area contributed by atoms with Gasteiger partial charge in [0.25, 0.3) is 5.78 Å². The number of unbranched alkanes of at least 4 members (excludes halogenated alkanes) is 3. The molecule has 9 nitrogen and oxygen atoms in total. The Labute approximate surface area is 205 Å². The summed E-state index contributed by atoms with van der Waals surface area (Å²) >= 11 is 0. The molecule has 192 valence electrons. The molecular weight excluding hydrogens is 456 g/mol. The number of rotatable bonds is 14. The zero-order chi connectivity index (χ0) is 26.1. The van der Waals surface area contributed by atoms with Gasteiger partial charge in [0.05, 0.1) is 35.5 Å². The molecule has 2 aliphatic carbocycles. The number of carbonyl (C=O) groups is 4. The van der Waals surface area contributed by atoms with Gasteiger partial charge in [-0.25, -0.2) is 0 Å². The van der Waals surface area contributed by atoms with Gasteiger partial charge in [0.1, 0.15) is 0 Å². The van der Waals surface area contributed by atoms with E-state index in [1.807, 2.05) is 6.92 Å². The van der Waals surface area contributed by atoms with Crippen molar-refractivity contribution in [3.05, 3.63) is 45.5 Å². The highest BCUT2D eigenvalue weighted by Crippen LogP contribution is 2.32. The van der Waals surface area contributed by atoms with E-state index >= 15 is 0 Å². The number of ketones is 4. The maximum Gasteiger partial charge on any atom is 0.266 e. The molecular formula is C26H34O9. The molecule has 0 saturated heterocycles. The largest absolute Gasteiger partial charge is 0.492 e. The molecule has 0 fully saturated rings. The highest BCUT2D eigenvalue weighted by atomic mass is 16.5. The third-order valence-corrected chi connectivity index (χ3v) is 6.04. The third kappa shape index (κ3) is 5.66. The monoisotopic (exact) mass is 490 g/mol. The van der Waals surface area contributed by atoms with Crippen molar-refractivity contribution in [2.24, 2.45) is 0 Å². The Bertz CT molecular complexity index is 1010. The van der Waals surface area contributed by atoms with E-state index in [1.165, 1.54) is 35.5 Å². The molecule has 0 unspecified atom stereocenters. The van der Waals surface area contributed by atoms with Crippen molar-refractivity contribution < 1.29 is 42.9 Å². The van der Waals surface area contributed by atoms with E-state index in [0.29, 0.717) is 43.3 Å². The van der Waals surface area contributed by atoms with E-state index in [9.17, 15) is 19.2 Å². The van der Waals surface area contributed by atoms with Gasteiger partial charge in [0.2, 0.25) is 28.9 Å². The molecule has 0 aromatic heterocycles. The first-order valence-corrected chi connectivity index (χ1v) is 11.6. The smallest absolute Gasteiger partial charge is 0.266 e. The van der Waals surface area contributed by atoms with Crippen molar-refractivity contribution in [3.8, 4) is 0 Å². The molecule has 0 aromatic carbocycles. The number of Topliss-reactive ketones (excluding diaryl/α,β-unsaturated/α-hetero) is 4. The van der Waals surface area contributed by atoms with Gasteiger partial charge in [-0.05, 0) is 38.5 Å². The molecule has 0 saturated carbocycles. The molecule has 2 rings (SSSR count). The van der Waals surface area contributed by atoms with Crippen LogP contribution in [0.2, 0.25) is 0 Å². The number of methoxy groups -OCH3 is 5. The van der Waals surface area contributed by atoms with Gasteiger partial charge in [-0.3, -0.25) is 19.2 Å². The summed E-state index contributed by atoms with van der Waals surface area (Å²) in [6, 6.07) is 0. The fourth-order valence-corrected chi connectivity index (χ4v) is 4.27. The van der Waals surface area contributed by atoms with Crippen LogP contribution in [0.3, 0.4) is 0 Å². The molecule has 0 atom stereocenters. The highest BCUT2D eigenvalue weighted by molar-refractivity contribution is 6.24. The summed E-state index contributed by atoms with van der Waals surface area (Å²) in [6.07, 6.45) is 4.44. The van der Waals surface area contributed by atoms with Gasteiger partial charge >= 0.3 is 0 Å². The predicted octanol–water partition coefficient (Wildman–Crippen LogP) is 3.64. The molecule has 35 heavy (non-hydrogen) atoms. The number of ether oxygens (including phenoxy) is 5. The van der Waals surface area contributed by atoms with Gasteiger partial charge in [-0.1, -0.05) is 19.8 Å². The van der Waals surface area contributed by atoms with Crippen LogP contribution in [-0.4, -0.2) is 58.7 Å². The fourth-order valence-electron chi connectivity index (χ4n) is 4.27. The summed E-state index contributed by atoms with van der Waals surface area (Å²) in [5.74, 6) is -1.84. The van der Waals surface area contributed by atoms with Crippen LogP contribution in [0.5, 0.6) is 0 Å². The second kappa shape index (κ2) is 12.9. The van der Waals surface area contributed by atoms with Gasteiger partial charge in [-0.15, -0.1) is 0 Å². The summed E-state index contributed by atoms with van der Waals surface area (Å²) in [5, 5.41) is 0. The minimum Gasteiger partial charge on any atom is -0.492 e. The number of allylic oxidation sites excluding steroid dienone is 3. The second-order valence-corrected chi connectivity index (χ2v) is 8.08. The Morgan fingerprint density at radius 2 is 0.743 bits per heavy atom. The molecule has 0 N–H and O–H groups in total. The SMILES string of the molecule is CCCCC1=C(OC)C(=O)C(CCCCCC2=C(OC)C(=O)C(OC)=C(OC)C2=O)=C(OC)C1=O. The Morgan fingerprint density at radius 3 is 1.11 bits per heavy atom. The summed E-state index contributed by atoms with van der Waals surface area (Å²) in [7, 11) is 6.69.